The van der Waals surface area contributed by atoms with Crippen molar-refractivity contribution < 1.29 is 80.2 Å². The molecular formula is C76H148O17P2. The Morgan fingerprint density at radius 2 is 0.421 bits per heavy atom. The fourth-order valence-corrected chi connectivity index (χ4v) is 13.3. The fourth-order valence-electron chi connectivity index (χ4n) is 11.8. The molecule has 0 bridgehead atoms. The van der Waals surface area contributed by atoms with Gasteiger partial charge in [-0.3, -0.25) is 37.3 Å². The smallest absolute Gasteiger partial charge is 0.462 e. The average molecular weight is 1400 g/mol. The predicted octanol–water partition coefficient (Wildman–Crippen LogP) is 22.6. The Morgan fingerprint density at radius 1 is 0.253 bits per heavy atom. The molecule has 0 fully saturated rings. The van der Waals surface area contributed by atoms with Gasteiger partial charge in [0.25, 0.3) is 0 Å². The summed E-state index contributed by atoms with van der Waals surface area (Å²) in [6, 6.07) is 0. The summed E-state index contributed by atoms with van der Waals surface area (Å²) in [6.45, 7) is 4.96. The second-order valence-corrected chi connectivity index (χ2v) is 30.3. The standard InChI is InChI=1S/C76H148O17P2/c1-5-9-13-17-21-25-29-31-32-33-34-35-36-37-38-39-41-43-47-51-55-59-63-76(81)93-72(67-87-74(79)61-57-53-49-46-42-40-30-26-22-18-14-10-6-2)69-91-95(84,85)89-65-70(77)64-88-94(82,83)90-68-71(92-75(80)62-58-54-50-45-28-24-20-16-12-8-4)66-86-73(78)60-56-52-48-44-27-23-19-15-11-7-3/h70-72,77H,5-69H2,1-4H3,(H,82,83)(H,84,85)/t70-,71+,72+/m0/s1. The van der Waals surface area contributed by atoms with Crippen LogP contribution in [0, 0.1) is 0 Å². The van der Waals surface area contributed by atoms with Crippen LogP contribution in [0.3, 0.4) is 0 Å². The van der Waals surface area contributed by atoms with Gasteiger partial charge < -0.3 is 33.8 Å². The van der Waals surface area contributed by atoms with Gasteiger partial charge in [-0.2, -0.15) is 0 Å². The summed E-state index contributed by atoms with van der Waals surface area (Å²) in [5.74, 6) is -2.11. The lowest BCUT2D eigenvalue weighted by Gasteiger charge is -2.21. The second-order valence-electron chi connectivity index (χ2n) is 27.4. The Bertz CT molecular complexity index is 1810. The minimum atomic E-state index is -4.95. The molecule has 0 radical (unpaired) electrons. The molecule has 19 heteroatoms. The number of rotatable bonds is 77. The van der Waals surface area contributed by atoms with Crippen LogP contribution >= 0.6 is 15.6 Å². The van der Waals surface area contributed by atoms with Gasteiger partial charge in [-0.25, -0.2) is 9.13 Å². The number of aliphatic hydroxyl groups excluding tert-OH is 1. The van der Waals surface area contributed by atoms with Crippen molar-refractivity contribution >= 4 is 39.5 Å². The number of esters is 4. The highest BCUT2D eigenvalue weighted by atomic mass is 31.2. The van der Waals surface area contributed by atoms with Gasteiger partial charge in [0, 0.05) is 25.7 Å². The van der Waals surface area contributed by atoms with E-state index in [4.69, 9.17) is 37.0 Å². The van der Waals surface area contributed by atoms with Crippen molar-refractivity contribution in [1.82, 2.24) is 0 Å². The van der Waals surface area contributed by atoms with Gasteiger partial charge in [0.05, 0.1) is 26.4 Å². The number of phosphoric acid groups is 2. The number of aliphatic hydroxyl groups is 1. The summed E-state index contributed by atoms with van der Waals surface area (Å²) in [5, 5.41) is 10.6. The molecule has 564 valence electrons. The lowest BCUT2D eigenvalue weighted by molar-refractivity contribution is -0.161. The van der Waals surface area contributed by atoms with E-state index in [0.29, 0.717) is 25.7 Å². The number of carbonyl (C=O) groups excluding carboxylic acids is 4. The zero-order valence-corrected chi connectivity index (χ0v) is 63.4. The minimum absolute atomic E-state index is 0.107. The van der Waals surface area contributed by atoms with Crippen LogP contribution in [0.25, 0.3) is 0 Å². The third kappa shape index (κ3) is 70.3. The maximum Gasteiger partial charge on any atom is 0.472 e. The predicted molar refractivity (Wildman–Crippen MR) is 386 cm³/mol. The number of hydrogen-bond acceptors (Lipinski definition) is 15. The molecule has 0 aliphatic rings. The molecule has 0 saturated carbocycles. The Balaban J connectivity index is 5.16. The minimum Gasteiger partial charge on any atom is -0.462 e. The van der Waals surface area contributed by atoms with Crippen molar-refractivity contribution in [2.24, 2.45) is 0 Å². The third-order valence-electron chi connectivity index (χ3n) is 17.9. The summed E-state index contributed by atoms with van der Waals surface area (Å²) in [4.78, 5) is 72.7. The van der Waals surface area contributed by atoms with Crippen LogP contribution in [0.4, 0.5) is 0 Å². The van der Waals surface area contributed by atoms with E-state index in [-0.39, 0.29) is 25.7 Å². The molecule has 0 spiro atoms. The normalized spacial score (nSPS) is 13.9. The zero-order valence-electron chi connectivity index (χ0n) is 61.6. The molecule has 0 heterocycles. The van der Waals surface area contributed by atoms with Crippen LogP contribution < -0.4 is 0 Å². The average Bonchev–Trinajstić information content (AvgIpc) is 2.72. The molecule has 0 aliphatic carbocycles. The largest absolute Gasteiger partial charge is 0.472 e. The first-order valence-electron chi connectivity index (χ1n) is 39.8. The Labute approximate surface area is 581 Å². The molecule has 5 atom stereocenters. The summed E-state index contributed by atoms with van der Waals surface area (Å²) < 4.78 is 68.4. The lowest BCUT2D eigenvalue weighted by atomic mass is 10.0. The second kappa shape index (κ2) is 70.5. The molecular weight excluding hydrogens is 1250 g/mol. The first-order chi connectivity index (χ1) is 46.2. The summed E-state index contributed by atoms with van der Waals surface area (Å²) in [7, 11) is -9.90. The van der Waals surface area contributed by atoms with Gasteiger partial charge >= 0.3 is 39.5 Å². The van der Waals surface area contributed by atoms with Gasteiger partial charge in [0.1, 0.15) is 19.3 Å². The number of hydrogen-bond donors (Lipinski definition) is 3. The van der Waals surface area contributed by atoms with Crippen LogP contribution in [0.1, 0.15) is 407 Å². The number of carbonyl (C=O) groups is 4. The highest BCUT2D eigenvalue weighted by molar-refractivity contribution is 7.47. The van der Waals surface area contributed by atoms with Crippen LogP contribution in [0.5, 0.6) is 0 Å². The molecule has 0 aliphatic heterocycles. The van der Waals surface area contributed by atoms with Crippen molar-refractivity contribution in [2.75, 3.05) is 39.6 Å². The molecule has 0 amide bonds. The van der Waals surface area contributed by atoms with E-state index in [2.05, 4.69) is 27.7 Å². The zero-order chi connectivity index (χ0) is 69.7. The molecule has 2 unspecified atom stereocenters. The van der Waals surface area contributed by atoms with Gasteiger partial charge in [-0.1, -0.05) is 355 Å². The fraction of sp³-hybridized carbons (Fsp3) is 0.947. The van der Waals surface area contributed by atoms with E-state index in [1.54, 1.807) is 0 Å². The molecule has 17 nitrogen and oxygen atoms in total. The van der Waals surface area contributed by atoms with Crippen LogP contribution in [-0.2, 0) is 65.4 Å². The highest BCUT2D eigenvalue weighted by Crippen LogP contribution is 2.45. The molecule has 95 heavy (non-hydrogen) atoms. The number of phosphoric ester groups is 2. The van der Waals surface area contributed by atoms with Crippen molar-refractivity contribution in [2.45, 2.75) is 425 Å². The van der Waals surface area contributed by atoms with E-state index in [1.165, 1.54) is 238 Å². The van der Waals surface area contributed by atoms with Gasteiger partial charge in [0.15, 0.2) is 12.2 Å². The van der Waals surface area contributed by atoms with Crippen molar-refractivity contribution in [3.05, 3.63) is 0 Å². The molecule has 3 N–H and O–H groups in total. The molecule has 0 saturated heterocycles. The Hall–Kier alpha value is -1.94. The van der Waals surface area contributed by atoms with Gasteiger partial charge in [-0.15, -0.1) is 0 Å². The molecule has 0 aromatic rings. The lowest BCUT2D eigenvalue weighted by Crippen LogP contribution is -2.30. The highest BCUT2D eigenvalue weighted by Gasteiger charge is 2.30. The summed E-state index contributed by atoms with van der Waals surface area (Å²) in [5.41, 5.74) is 0. The third-order valence-corrected chi connectivity index (χ3v) is 19.8. The van der Waals surface area contributed by atoms with Crippen molar-refractivity contribution in [3.63, 3.8) is 0 Å². The molecule has 0 aromatic carbocycles. The van der Waals surface area contributed by atoms with Crippen LogP contribution in [0.2, 0.25) is 0 Å². The van der Waals surface area contributed by atoms with E-state index in [9.17, 15) is 43.2 Å². The molecule has 0 aromatic heterocycles. The first kappa shape index (κ1) is 93.1. The van der Waals surface area contributed by atoms with E-state index < -0.39 is 97.5 Å². The Morgan fingerprint density at radius 3 is 0.621 bits per heavy atom. The maximum absolute atomic E-state index is 13.1. The van der Waals surface area contributed by atoms with Crippen molar-refractivity contribution in [3.8, 4) is 0 Å². The van der Waals surface area contributed by atoms with E-state index in [0.717, 1.165) is 89.9 Å². The van der Waals surface area contributed by atoms with Crippen molar-refractivity contribution in [1.29, 1.82) is 0 Å². The first-order valence-corrected chi connectivity index (χ1v) is 42.8. The van der Waals surface area contributed by atoms with Gasteiger partial charge in [0.2, 0.25) is 0 Å². The quantitative estimate of drug-likeness (QED) is 0.0222. The van der Waals surface area contributed by atoms with E-state index in [1.807, 2.05) is 0 Å². The number of unbranched alkanes of at least 4 members (excludes halogenated alkanes) is 51. The topological polar surface area (TPSA) is 237 Å². The van der Waals surface area contributed by atoms with Gasteiger partial charge in [-0.05, 0) is 25.7 Å². The summed E-state index contributed by atoms with van der Waals surface area (Å²) in [6.07, 6.45) is 61.1. The van der Waals surface area contributed by atoms with Crippen LogP contribution in [0.15, 0.2) is 0 Å². The molecule has 0 rings (SSSR count). The number of ether oxygens (including phenoxy) is 4. The Kier molecular flexibility index (Phi) is 69.1. The van der Waals surface area contributed by atoms with E-state index >= 15 is 0 Å². The monoisotopic (exact) mass is 1400 g/mol. The SMILES string of the molecule is CCCCCCCCCCCCCCCCCCCCCCCCC(=O)O[C@H](COC(=O)CCCCCCCCCCCCCCC)COP(=O)(O)OC[C@@H](O)COP(=O)(O)OC[C@@H](COC(=O)CCCCCCCCCCCC)OC(=O)CCCCCCCCCCCC. The van der Waals surface area contributed by atoms with Crippen LogP contribution in [-0.4, -0.2) is 96.7 Å². The summed E-state index contributed by atoms with van der Waals surface area (Å²) >= 11 is 0. The maximum atomic E-state index is 13.1.